The van der Waals surface area contributed by atoms with E-state index in [0.29, 0.717) is 12.0 Å². The number of benzene rings is 2. The Kier molecular flexibility index (Phi) is 3.39. The van der Waals surface area contributed by atoms with Crippen molar-refractivity contribution in [2.24, 2.45) is 0 Å². The first-order chi connectivity index (χ1) is 9.97. The quantitative estimate of drug-likeness (QED) is 0.817. The fraction of sp³-hybridized carbons (Fsp3) is 0.188. The van der Waals surface area contributed by atoms with Crippen molar-refractivity contribution >= 4 is 15.9 Å². The highest BCUT2D eigenvalue weighted by Crippen LogP contribution is 2.26. The van der Waals surface area contributed by atoms with Crippen molar-refractivity contribution in [3.63, 3.8) is 0 Å². The molecule has 1 aliphatic carbocycles. The van der Waals surface area contributed by atoms with Crippen LogP contribution >= 0.6 is 0 Å². The number of carbonyl (C=O) groups is 1. The minimum Gasteiger partial charge on any atom is -0.291 e. The van der Waals surface area contributed by atoms with Gasteiger partial charge in [-0.05, 0) is 24.6 Å². The molecule has 0 saturated heterocycles. The summed E-state index contributed by atoms with van der Waals surface area (Å²) in [5.41, 5.74) is 2.33. The molecule has 4 nitrogen and oxygen atoms in total. The van der Waals surface area contributed by atoms with Gasteiger partial charge in [0.2, 0.25) is 0 Å². The number of hydrogen-bond acceptors (Lipinski definition) is 4. The smallest absolute Gasteiger partial charge is 0.291 e. The Labute approximate surface area is 123 Å². The number of rotatable bonds is 3. The Bertz CT molecular complexity index is 791. The van der Waals surface area contributed by atoms with Crippen molar-refractivity contribution in [2.45, 2.75) is 24.3 Å². The van der Waals surface area contributed by atoms with Gasteiger partial charge < -0.3 is 0 Å². The van der Waals surface area contributed by atoms with Crippen LogP contribution in [-0.2, 0) is 20.7 Å². The first-order valence-electron chi connectivity index (χ1n) is 6.59. The average molecular weight is 302 g/mol. The molecule has 2 aromatic rings. The van der Waals surface area contributed by atoms with Gasteiger partial charge in [0.25, 0.3) is 10.1 Å². The molecule has 1 unspecified atom stereocenters. The van der Waals surface area contributed by atoms with Crippen molar-refractivity contribution in [1.82, 2.24) is 0 Å². The highest BCUT2D eigenvalue weighted by atomic mass is 32.2. The minimum absolute atomic E-state index is 0.0665. The zero-order chi connectivity index (χ0) is 15.0. The third-order valence-electron chi connectivity index (χ3n) is 3.53. The van der Waals surface area contributed by atoms with Crippen LogP contribution in [0.2, 0.25) is 0 Å². The van der Waals surface area contributed by atoms with Gasteiger partial charge in [-0.15, -0.1) is 0 Å². The molecule has 0 saturated carbocycles. The highest BCUT2D eigenvalue weighted by Gasteiger charge is 2.35. The van der Waals surface area contributed by atoms with Gasteiger partial charge in [-0.2, -0.15) is 8.42 Å². The standard InChI is InChI=1S/C16H14O4S/c1-11-6-8-13(9-7-11)21(18,19)20-15-10-12-4-2-3-5-14(12)16(15)17/h2-9,15H,10H2,1H3. The summed E-state index contributed by atoms with van der Waals surface area (Å²) in [6.45, 7) is 1.87. The van der Waals surface area contributed by atoms with Gasteiger partial charge in [0.05, 0.1) is 4.90 Å². The molecule has 1 atom stereocenters. The van der Waals surface area contributed by atoms with E-state index in [1.54, 1.807) is 24.3 Å². The fourth-order valence-electron chi connectivity index (χ4n) is 2.40. The molecule has 0 heterocycles. The fourth-order valence-corrected chi connectivity index (χ4v) is 3.44. The summed E-state index contributed by atoms with van der Waals surface area (Å²) in [5, 5.41) is 0. The Hall–Kier alpha value is -1.98. The molecular weight excluding hydrogens is 288 g/mol. The van der Waals surface area contributed by atoms with Crippen LogP contribution in [0.25, 0.3) is 0 Å². The van der Waals surface area contributed by atoms with E-state index in [1.807, 2.05) is 19.1 Å². The zero-order valence-electron chi connectivity index (χ0n) is 11.4. The van der Waals surface area contributed by atoms with Crippen molar-refractivity contribution in [2.75, 3.05) is 0 Å². The summed E-state index contributed by atoms with van der Waals surface area (Å²) < 4.78 is 29.6. The number of ketones is 1. The molecular formula is C16H14O4S. The molecule has 108 valence electrons. The van der Waals surface area contributed by atoms with E-state index >= 15 is 0 Å². The molecule has 0 spiro atoms. The maximum Gasteiger partial charge on any atom is 0.297 e. The second kappa shape index (κ2) is 5.09. The molecule has 0 bridgehead atoms. The Morgan fingerprint density at radius 2 is 1.71 bits per heavy atom. The van der Waals surface area contributed by atoms with E-state index in [4.69, 9.17) is 4.18 Å². The Morgan fingerprint density at radius 1 is 1.05 bits per heavy atom. The molecule has 0 fully saturated rings. The van der Waals surface area contributed by atoms with Crippen molar-refractivity contribution in [1.29, 1.82) is 0 Å². The van der Waals surface area contributed by atoms with Crippen LogP contribution in [0.5, 0.6) is 0 Å². The lowest BCUT2D eigenvalue weighted by molar-refractivity contribution is 0.0829. The van der Waals surface area contributed by atoms with Crippen LogP contribution in [0.15, 0.2) is 53.4 Å². The highest BCUT2D eigenvalue weighted by molar-refractivity contribution is 7.86. The lowest BCUT2D eigenvalue weighted by Crippen LogP contribution is -2.24. The lowest BCUT2D eigenvalue weighted by Gasteiger charge is -2.10. The van der Waals surface area contributed by atoms with Gasteiger partial charge in [-0.3, -0.25) is 8.98 Å². The monoisotopic (exact) mass is 302 g/mol. The molecule has 21 heavy (non-hydrogen) atoms. The predicted molar refractivity (Wildman–Crippen MR) is 77.7 cm³/mol. The van der Waals surface area contributed by atoms with E-state index in [1.165, 1.54) is 12.1 Å². The van der Waals surface area contributed by atoms with Gasteiger partial charge in [0, 0.05) is 12.0 Å². The van der Waals surface area contributed by atoms with E-state index < -0.39 is 16.2 Å². The largest absolute Gasteiger partial charge is 0.297 e. The maximum absolute atomic E-state index is 12.2. The number of fused-ring (bicyclic) bond motifs is 1. The van der Waals surface area contributed by atoms with Crippen molar-refractivity contribution in [3.8, 4) is 0 Å². The maximum atomic E-state index is 12.2. The van der Waals surface area contributed by atoms with Crippen LogP contribution < -0.4 is 0 Å². The molecule has 3 rings (SSSR count). The van der Waals surface area contributed by atoms with Crippen LogP contribution in [0.3, 0.4) is 0 Å². The molecule has 2 aromatic carbocycles. The average Bonchev–Trinajstić information content (AvgIpc) is 2.76. The zero-order valence-corrected chi connectivity index (χ0v) is 12.3. The molecule has 5 heteroatoms. The second-order valence-corrected chi connectivity index (χ2v) is 6.65. The number of aryl methyl sites for hydroxylation is 1. The normalized spacial score (nSPS) is 17.8. The van der Waals surface area contributed by atoms with Gasteiger partial charge in [0.15, 0.2) is 5.78 Å². The van der Waals surface area contributed by atoms with E-state index in [0.717, 1.165) is 11.1 Å². The molecule has 0 aromatic heterocycles. The summed E-state index contributed by atoms with van der Waals surface area (Å²) in [6.07, 6.45) is -0.672. The third kappa shape index (κ3) is 2.62. The van der Waals surface area contributed by atoms with E-state index in [9.17, 15) is 13.2 Å². The molecule has 0 N–H and O–H groups in total. The summed E-state index contributed by atoms with van der Waals surface area (Å²) in [4.78, 5) is 12.2. The van der Waals surface area contributed by atoms with Gasteiger partial charge in [-0.25, -0.2) is 0 Å². The number of hydrogen-bond donors (Lipinski definition) is 0. The predicted octanol–water partition coefficient (Wildman–Crippen LogP) is 2.51. The minimum atomic E-state index is -3.93. The van der Waals surface area contributed by atoms with E-state index in [-0.39, 0.29) is 10.7 Å². The molecule has 0 aliphatic heterocycles. The molecule has 1 aliphatic rings. The van der Waals surface area contributed by atoms with Gasteiger partial charge >= 0.3 is 0 Å². The van der Waals surface area contributed by atoms with Crippen molar-refractivity contribution < 1.29 is 17.4 Å². The number of Topliss-reactive ketones (excluding diaryl/α,β-unsaturated/α-hetero) is 1. The first kappa shape index (κ1) is 14.0. The Morgan fingerprint density at radius 3 is 2.38 bits per heavy atom. The van der Waals surface area contributed by atoms with Crippen molar-refractivity contribution in [3.05, 3.63) is 65.2 Å². The molecule has 0 radical (unpaired) electrons. The SMILES string of the molecule is Cc1ccc(S(=O)(=O)OC2Cc3ccccc3C2=O)cc1. The lowest BCUT2D eigenvalue weighted by atomic mass is 10.1. The van der Waals surface area contributed by atoms with Crippen LogP contribution in [0.4, 0.5) is 0 Å². The summed E-state index contributed by atoms with van der Waals surface area (Å²) >= 11 is 0. The summed E-state index contributed by atoms with van der Waals surface area (Å²) in [5.74, 6) is -0.277. The van der Waals surface area contributed by atoms with Crippen LogP contribution in [-0.4, -0.2) is 20.3 Å². The van der Waals surface area contributed by atoms with Gasteiger partial charge in [-0.1, -0.05) is 42.0 Å². The third-order valence-corrected chi connectivity index (χ3v) is 4.87. The topological polar surface area (TPSA) is 60.4 Å². The number of carbonyl (C=O) groups excluding carboxylic acids is 1. The Balaban J connectivity index is 1.85. The first-order valence-corrected chi connectivity index (χ1v) is 8.00. The van der Waals surface area contributed by atoms with Gasteiger partial charge in [0.1, 0.15) is 6.10 Å². The van der Waals surface area contributed by atoms with Crippen LogP contribution in [0.1, 0.15) is 21.5 Å². The molecule has 0 amide bonds. The second-order valence-electron chi connectivity index (χ2n) is 5.08. The summed E-state index contributed by atoms with van der Waals surface area (Å²) in [6, 6.07) is 13.4. The van der Waals surface area contributed by atoms with E-state index in [2.05, 4.69) is 0 Å². The summed E-state index contributed by atoms with van der Waals surface area (Å²) in [7, 11) is -3.93. The van der Waals surface area contributed by atoms with Crippen LogP contribution in [0, 0.1) is 6.92 Å².